The highest BCUT2D eigenvalue weighted by atomic mass is 127. The molecule has 1 aromatic carbocycles. The van der Waals surface area contributed by atoms with Crippen LogP contribution in [0.15, 0.2) is 18.2 Å². The van der Waals surface area contributed by atoms with E-state index in [-0.39, 0.29) is 12.6 Å². The number of hydrogen-bond donors (Lipinski definition) is 0. The maximum atomic E-state index is 10.6. The molecule has 0 radical (unpaired) electrons. The summed E-state index contributed by atoms with van der Waals surface area (Å²) in [6, 6.07) is 5.56. The van der Waals surface area contributed by atoms with Gasteiger partial charge in [-0.2, -0.15) is 0 Å². The Labute approximate surface area is 95.4 Å². The Morgan fingerprint density at radius 2 is 2.31 bits per heavy atom. The first-order valence-electron chi connectivity index (χ1n) is 3.67. The van der Waals surface area contributed by atoms with Crippen LogP contribution in [0.25, 0.3) is 0 Å². The summed E-state index contributed by atoms with van der Waals surface area (Å²) >= 11 is 8.07. The second kappa shape index (κ2) is 4.81. The van der Waals surface area contributed by atoms with E-state index in [0.717, 1.165) is 9.13 Å². The summed E-state index contributed by atoms with van der Waals surface area (Å²) in [5.74, 6) is -0.296. The smallest absolute Gasteiger partial charge is 0.302 e. The van der Waals surface area contributed by atoms with Crippen LogP contribution in [0.2, 0.25) is 5.02 Å². The molecule has 0 fully saturated rings. The zero-order chi connectivity index (χ0) is 9.84. The molecular weight excluding hydrogens is 302 g/mol. The van der Waals surface area contributed by atoms with Gasteiger partial charge in [0.1, 0.15) is 6.61 Å². The van der Waals surface area contributed by atoms with E-state index >= 15 is 0 Å². The standard InChI is InChI=1S/C9H8ClIO2/c1-6(12)13-5-7-8(10)3-2-4-9(7)11/h2-4H,5H2,1H3. The molecule has 0 aliphatic carbocycles. The number of rotatable bonds is 2. The van der Waals surface area contributed by atoms with Crippen LogP contribution in [0, 0.1) is 3.57 Å². The summed E-state index contributed by atoms with van der Waals surface area (Å²) in [4.78, 5) is 10.6. The zero-order valence-electron chi connectivity index (χ0n) is 7.01. The van der Waals surface area contributed by atoms with Crippen molar-refractivity contribution in [3.8, 4) is 0 Å². The number of carbonyl (C=O) groups is 1. The fourth-order valence-corrected chi connectivity index (χ4v) is 1.89. The lowest BCUT2D eigenvalue weighted by Gasteiger charge is -2.06. The van der Waals surface area contributed by atoms with Gasteiger partial charge in [0.15, 0.2) is 0 Å². The minimum Gasteiger partial charge on any atom is -0.461 e. The Morgan fingerprint density at radius 1 is 1.62 bits per heavy atom. The van der Waals surface area contributed by atoms with Crippen molar-refractivity contribution in [2.24, 2.45) is 0 Å². The average Bonchev–Trinajstić information content (AvgIpc) is 2.03. The molecule has 0 saturated heterocycles. The van der Waals surface area contributed by atoms with Crippen LogP contribution < -0.4 is 0 Å². The molecule has 0 aliphatic heterocycles. The molecule has 13 heavy (non-hydrogen) atoms. The number of hydrogen-bond acceptors (Lipinski definition) is 2. The van der Waals surface area contributed by atoms with Gasteiger partial charge in [-0.05, 0) is 34.7 Å². The van der Waals surface area contributed by atoms with E-state index in [2.05, 4.69) is 22.6 Å². The normalized spacial score (nSPS) is 9.77. The number of ether oxygens (including phenoxy) is 1. The molecule has 1 aromatic rings. The monoisotopic (exact) mass is 310 g/mol. The first-order chi connectivity index (χ1) is 6.11. The molecule has 0 aromatic heterocycles. The van der Waals surface area contributed by atoms with E-state index in [1.54, 1.807) is 6.07 Å². The van der Waals surface area contributed by atoms with E-state index in [4.69, 9.17) is 16.3 Å². The summed E-state index contributed by atoms with van der Waals surface area (Å²) in [7, 11) is 0. The van der Waals surface area contributed by atoms with Crippen LogP contribution in [-0.4, -0.2) is 5.97 Å². The van der Waals surface area contributed by atoms with Crippen molar-refractivity contribution >= 4 is 40.2 Å². The second-order valence-electron chi connectivity index (χ2n) is 2.48. The van der Waals surface area contributed by atoms with E-state index in [1.807, 2.05) is 12.1 Å². The molecule has 0 atom stereocenters. The van der Waals surface area contributed by atoms with Gasteiger partial charge in [0.05, 0.1) is 0 Å². The highest BCUT2D eigenvalue weighted by Crippen LogP contribution is 2.22. The molecule has 0 saturated carbocycles. The van der Waals surface area contributed by atoms with Gasteiger partial charge in [0, 0.05) is 21.1 Å². The van der Waals surface area contributed by atoms with Gasteiger partial charge >= 0.3 is 5.97 Å². The van der Waals surface area contributed by atoms with Crippen LogP contribution in [0.5, 0.6) is 0 Å². The van der Waals surface area contributed by atoms with Gasteiger partial charge < -0.3 is 4.74 Å². The lowest BCUT2D eigenvalue weighted by atomic mass is 10.2. The van der Waals surface area contributed by atoms with E-state index in [9.17, 15) is 4.79 Å². The average molecular weight is 311 g/mol. The summed E-state index contributed by atoms with van der Waals surface area (Å²) in [5.41, 5.74) is 0.861. The lowest BCUT2D eigenvalue weighted by molar-refractivity contribution is -0.142. The lowest BCUT2D eigenvalue weighted by Crippen LogP contribution is -2.00. The first-order valence-corrected chi connectivity index (χ1v) is 5.13. The molecular formula is C9H8ClIO2. The molecule has 0 heterocycles. The second-order valence-corrected chi connectivity index (χ2v) is 4.05. The molecule has 1 rings (SSSR count). The fourth-order valence-electron chi connectivity index (χ4n) is 0.844. The quantitative estimate of drug-likeness (QED) is 0.620. The first kappa shape index (κ1) is 10.8. The van der Waals surface area contributed by atoms with Gasteiger partial charge in [-0.3, -0.25) is 4.79 Å². The van der Waals surface area contributed by atoms with E-state index in [1.165, 1.54) is 6.92 Å². The van der Waals surface area contributed by atoms with E-state index in [0.29, 0.717) is 5.02 Å². The highest BCUT2D eigenvalue weighted by molar-refractivity contribution is 14.1. The summed E-state index contributed by atoms with van der Waals surface area (Å²) in [6.07, 6.45) is 0. The van der Waals surface area contributed by atoms with Crippen molar-refractivity contribution in [1.82, 2.24) is 0 Å². The summed E-state index contributed by atoms with van der Waals surface area (Å²) in [6.45, 7) is 1.62. The maximum absolute atomic E-state index is 10.6. The largest absolute Gasteiger partial charge is 0.461 e. The fraction of sp³-hybridized carbons (Fsp3) is 0.222. The molecule has 2 nitrogen and oxygen atoms in total. The van der Waals surface area contributed by atoms with Crippen molar-refractivity contribution in [2.45, 2.75) is 13.5 Å². The van der Waals surface area contributed by atoms with E-state index < -0.39 is 0 Å². The topological polar surface area (TPSA) is 26.3 Å². The predicted molar refractivity (Wildman–Crippen MR) is 59.6 cm³/mol. The number of carbonyl (C=O) groups excluding carboxylic acids is 1. The van der Waals surface area contributed by atoms with Gasteiger partial charge in [0.25, 0.3) is 0 Å². The van der Waals surface area contributed by atoms with Crippen molar-refractivity contribution in [3.63, 3.8) is 0 Å². The van der Waals surface area contributed by atoms with Crippen molar-refractivity contribution in [1.29, 1.82) is 0 Å². The Balaban J connectivity index is 2.81. The molecule has 0 unspecified atom stereocenters. The molecule has 0 amide bonds. The van der Waals surface area contributed by atoms with Crippen LogP contribution in [0.4, 0.5) is 0 Å². The molecule has 0 bridgehead atoms. The molecule has 4 heteroatoms. The van der Waals surface area contributed by atoms with Gasteiger partial charge in [-0.1, -0.05) is 17.7 Å². The minimum absolute atomic E-state index is 0.243. The van der Waals surface area contributed by atoms with Crippen LogP contribution >= 0.6 is 34.2 Å². The SMILES string of the molecule is CC(=O)OCc1c(Cl)cccc1I. The Morgan fingerprint density at radius 3 is 2.85 bits per heavy atom. The third-order valence-electron chi connectivity index (χ3n) is 1.48. The van der Waals surface area contributed by atoms with Crippen molar-refractivity contribution in [2.75, 3.05) is 0 Å². The number of halogens is 2. The van der Waals surface area contributed by atoms with Gasteiger partial charge in [0.2, 0.25) is 0 Å². The Bertz CT molecular complexity index is 305. The summed E-state index contributed by atoms with van der Waals surface area (Å²) < 4.78 is 5.87. The molecule has 70 valence electrons. The van der Waals surface area contributed by atoms with Gasteiger partial charge in [-0.15, -0.1) is 0 Å². The minimum atomic E-state index is -0.296. The molecule has 0 spiro atoms. The summed E-state index contributed by atoms with van der Waals surface area (Å²) in [5, 5.41) is 0.633. The third kappa shape index (κ3) is 3.15. The number of esters is 1. The maximum Gasteiger partial charge on any atom is 0.302 e. The molecule has 0 N–H and O–H groups in total. The van der Waals surface area contributed by atoms with Crippen LogP contribution in [-0.2, 0) is 16.1 Å². The van der Waals surface area contributed by atoms with Crippen molar-refractivity contribution in [3.05, 3.63) is 32.4 Å². The number of benzene rings is 1. The Hall–Kier alpha value is -0.290. The van der Waals surface area contributed by atoms with Crippen LogP contribution in [0.1, 0.15) is 12.5 Å². The zero-order valence-corrected chi connectivity index (χ0v) is 9.93. The Kier molecular flexibility index (Phi) is 3.99. The highest BCUT2D eigenvalue weighted by Gasteiger charge is 2.05. The third-order valence-corrected chi connectivity index (χ3v) is 2.85. The predicted octanol–water partition coefficient (Wildman–Crippen LogP) is 3.01. The molecule has 0 aliphatic rings. The van der Waals surface area contributed by atoms with Crippen molar-refractivity contribution < 1.29 is 9.53 Å². The van der Waals surface area contributed by atoms with Crippen LogP contribution in [0.3, 0.4) is 0 Å². The van der Waals surface area contributed by atoms with Gasteiger partial charge in [-0.25, -0.2) is 0 Å².